The van der Waals surface area contributed by atoms with Crippen LogP contribution in [0.5, 0.6) is 5.75 Å². The van der Waals surface area contributed by atoms with E-state index in [1.807, 2.05) is 24.3 Å². The van der Waals surface area contributed by atoms with Gasteiger partial charge in [-0.05, 0) is 42.7 Å². The standard InChI is InChI=1S/C18H22N2O4S2/c1-24-15-6-4-5-14(11-15)13-19-17(21)12-16-7-8-18(25-16)26(22,23)20-9-2-3-10-20/h4-8,11H,2-3,9-10,12-13H2,1H3,(H,19,21). The van der Waals surface area contributed by atoms with Crippen LogP contribution in [0.1, 0.15) is 23.3 Å². The monoisotopic (exact) mass is 394 g/mol. The molecule has 0 bridgehead atoms. The van der Waals surface area contributed by atoms with Gasteiger partial charge in [0, 0.05) is 24.5 Å². The molecular weight excluding hydrogens is 372 g/mol. The average molecular weight is 395 g/mol. The van der Waals surface area contributed by atoms with Crippen LogP contribution in [-0.2, 0) is 27.8 Å². The van der Waals surface area contributed by atoms with E-state index in [4.69, 9.17) is 4.74 Å². The molecule has 0 radical (unpaired) electrons. The van der Waals surface area contributed by atoms with E-state index in [-0.39, 0.29) is 12.3 Å². The molecule has 26 heavy (non-hydrogen) atoms. The third kappa shape index (κ3) is 4.44. The van der Waals surface area contributed by atoms with Gasteiger partial charge in [-0.25, -0.2) is 8.42 Å². The fraction of sp³-hybridized carbons (Fsp3) is 0.389. The summed E-state index contributed by atoms with van der Waals surface area (Å²) in [5, 5.41) is 2.85. The average Bonchev–Trinajstić information content (AvgIpc) is 3.32. The van der Waals surface area contributed by atoms with Crippen molar-refractivity contribution in [1.29, 1.82) is 0 Å². The number of benzene rings is 1. The van der Waals surface area contributed by atoms with Gasteiger partial charge in [0.25, 0.3) is 10.0 Å². The summed E-state index contributed by atoms with van der Waals surface area (Å²) in [4.78, 5) is 12.9. The van der Waals surface area contributed by atoms with Crippen LogP contribution in [0.4, 0.5) is 0 Å². The number of carbonyl (C=O) groups is 1. The smallest absolute Gasteiger partial charge is 0.252 e. The molecule has 2 aromatic rings. The van der Waals surface area contributed by atoms with Gasteiger partial charge in [0.2, 0.25) is 5.91 Å². The summed E-state index contributed by atoms with van der Waals surface area (Å²) in [6, 6.07) is 10.8. The molecule has 8 heteroatoms. The van der Waals surface area contributed by atoms with Gasteiger partial charge in [0.1, 0.15) is 9.96 Å². The number of nitrogens with zero attached hydrogens (tertiary/aromatic N) is 1. The van der Waals surface area contributed by atoms with Crippen molar-refractivity contribution in [2.45, 2.75) is 30.0 Å². The number of thiophene rings is 1. The first-order valence-electron chi connectivity index (χ1n) is 8.47. The summed E-state index contributed by atoms with van der Waals surface area (Å²) in [5.41, 5.74) is 0.946. The second kappa shape index (κ2) is 8.20. The van der Waals surface area contributed by atoms with Gasteiger partial charge in [-0.3, -0.25) is 4.79 Å². The highest BCUT2D eigenvalue weighted by molar-refractivity contribution is 7.91. The molecule has 1 aromatic carbocycles. The van der Waals surface area contributed by atoms with E-state index < -0.39 is 10.0 Å². The Morgan fingerprint density at radius 3 is 2.73 bits per heavy atom. The molecule has 1 amide bonds. The van der Waals surface area contributed by atoms with Gasteiger partial charge in [-0.2, -0.15) is 4.31 Å². The Morgan fingerprint density at radius 1 is 1.23 bits per heavy atom. The second-order valence-corrected chi connectivity index (χ2v) is 9.47. The summed E-state index contributed by atoms with van der Waals surface area (Å²) in [6.45, 7) is 1.56. The fourth-order valence-electron chi connectivity index (χ4n) is 2.85. The lowest BCUT2D eigenvalue weighted by Gasteiger charge is -2.13. The Morgan fingerprint density at radius 2 is 2.00 bits per heavy atom. The minimum atomic E-state index is -3.41. The number of hydrogen-bond acceptors (Lipinski definition) is 5. The Labute approximate surface area is 157 Å². The Bertz CT molecular complexity index is 871. The number of hydrogen-bond donors (Lipinski definition) is 1. The zero-order valence-electron chi connectivity index (χ0n) is 14.6. The van der Waals surface area contributed by atoms with E-state index >= 15 is 0 Å². The maximum atomic E-state index is 12.5. The van der Waals surface area contributed by atoms with Crippen LogP contribution in [0, 0.1) is 0 Å². The molecule has 1 aliphatic rings. The van der Waals surface area contributed by atoms with Crippen molar-refractivity contribution in [3.63, 3.8) is 0 Å². The summed E-state index contributed by atoms with van der Waals surface area (Å²) in [5.74, 6) is 0.603. The number of sulfonamides is 1. The normalized spacial score (nSPS) is 15.1. The second-order valence-electron chi connectivity index (χ2n) is 6.14. The highest BCUT2D eigenvalue weighted by Gasteiger charge is 2.28. The van der Waals surface area contributed by atoms with Crippen molar-refractivity contribution >= 4 is 27.3 Å². The Hall–Kier alpha value is -1.90. The van der Waals surface area contributed by atoms with E-state index in [9.17, 15) is 13.2 Å². The summed E-state index contributed by atoms with van der Waals surface area (Å²) >= 11 is 1.17. The number of carbonyl (C=O) groups excluding carboxylic acids is 1. The minimum Gasteiger partial charge on any atom is -0.497 e. The SMILES string of the molecule is COc1cccc(CNC(=O)Cc2ccc(S(=O)(=O)N3CCCC3)s2)c1. The Balaban J connectivity index is 1.57. The van der Waals surface area contributed by atoms with E-state index in [0.717, 1.165) is 29.0 Å². The van der Waals surface area contributed by atoms with E-state index in [2.05, 4.69) is 5.32 Å². The van der Waals surface area contributed by atoms with E-state index in [1.54, 1.807) is 19.2 Å². The van der Waals surface area contributed by atoms with Crippen molar-refractivity contribution < 1.29 is 17.9 Å². The molecule has 140 valence electrons. The van der Waals surface area contributed by atoms with Gasteiger partial charge >= 0.3 is 0 Å². The molecule has 0 unspecified atom stereocenters. The molecule has 2 heterocycles. The zero-order chi connectivity index (χ0) is 18.6. The van der Waals surface area contributed by atoms with Gasteiger partial charge in [0.15, 0.2) is 0 Å². The predicted octanol–water partition coefficient (Wildman–Crippen LogP) is 2.40. The van der Waals surface area contributed by atoms with Crippen LogP contribution < -0.4 is 10.1 Å². The summed E-state index contributed by atoms with van der Waals surface area (Å²) < 4.78 is 32.1. The van der Waals surface area contributed by atoms with Gasteiger partial charge in [-0.1, -0.05) is 12.1 Å². The number of rotatable bonds is 7. The van der Waals surface area contributed by atoms with Crippen molar-refractivity contribution in [1.82, 2.24) is 9.62 Å². The van der Waals surface area contributed by atoms with E-state index in [1.165, 1.54) is 15.6 Å². The van der Waals surface area contributed by atoms with E-state index in [0.29, 0.717) is 23.8 Å². The zero-order valence-corrected chi connectivity index (χ0v) is 16.2. The maximum absolute atomic E-state index is 12.5. The van der Waals surface area contributed by atoms with Crippen LogP contribution in [0.2, 0.25) is 0 Å². The molecular formula is C18H22N2O4S2. The largest absolute Gasteiger partial charge is 0.497 e. The molecule has 0 saturated carbocycles. The number of ether oxygens (including phenoxy) is 1. The number of nitrogens with one attached hydrogen (secondary N) is 1. The topological polar surface area (TPSA) is 75.7 Å². The first-order valence-corrected chi connectivity index (χ1v) is 10.7. The van der Waals surface area contributed by atoms with Crippen molar-refractivity contribution in [3.8, 4) is 5.75 Å². The molecule has 6 nitrogen and oxygen atoms in total. The molecule has 0 aliphatic carbocycles. The van der Waals surface area contributed by atoms with Crippen LogP contribution in [-0.4, -0.2) is 38.8 Å². The molecule has 3 rings (SSSR count). The highest BCUT2D eigenvalue weighted by atomic mass is 32.2. The molecule has 1 saturated heterocycles. The lowest BCUT2D eigenvalue weighted by Crippen LogP contribution is -2.27. The third-order valence-corrected chi connectivity index (χ3v) is 7.71. The van der Waals surface area contributed by atoms with Crippen molar-refractivity contribution in [2.24, 2.45) is 0 Å². The molecule has 1 aliphatic heterocycles. The minimum absolute atomic E-state index is 0.139. The number of methoxy groups -OCH3 is 1. The van der Waals surface area contributed by atoms with Gasteiger partial charge < -0.3 is 10.1 Å². The fourth-order valence-corrected chi connectivity index (χ4v) is 5.88. The van der Waals surface area contributed by atoms with Crippen LogP contribution in [0.25, 0.3) is 0 Å². The summed E-state index contributed by atoms with van der Waals surface area (Å²) in [6.07, 6.45) is 1.98. The van der Waals surface area contributed by atoms with Crippen LogP contribution in [0.3, 0.4) is 0 Å². The molecule has 0 atom stereocenters. The van der Waals surface area contributed by atoms with Crippen molar-refractivity contribution in [2.75, 3.05) is 20.2 Å². The predicted molar refractivity (Wildman–Crippen MR) is 101 cm³/mol. The maximum Gasteiger partial charge on any atom is 0.252 e. The lowest BCUT2D eigenvalue weighted by molar-refractivity contribution is -0.120. The molecule has 1 N–H and O–H groups in total. The Kier molecular flexibility index (Phi) is 5.95. The third-order valence-electron chi connectivity index (χ3n) is 4.25. The molecule has 1 fully saturated rings. The first-order chi connectivity index (χ1) is 12.5. The van der Waals surface area contributed by atoms with Gasteiger partial charge in [0.05, 0.1) is 13.5 Å². The molecule has 0 spiro atoms. The highest BCUT2D eigenvalue weighted by Crippen LogP contribution is 2.27. The lowest BCUT2D eigenvalue weighted by atomic mass is 10.2. The summed E-state index contributed by atoms with van der Waals surface area (Å²) in [7, 11) is -1.81. The van der Waals surface area contributed by atoms with Gasteiger partial charge in [-0.15, -0.1) is 11.3 Å². The molecule has 1 aromatic heterocycles. The quantitative estimate of drug-likeness (QED) is 0.782. The number of amides is 1. The van der Waals surface area contributed by atoms with Crippen LogP contribution in [0.15, 0.2) is 40.6 Å². The van der Waals surface area contributed by atoms with Crippen LogP contribution >= 0.6 is 11.3 Å². The van der Waals surface area contributed by atoms with Crippen molar-refractivity contribution in [3.05, 3.63) is 46.8 Å². The first kappa shape index (κ1) is 18.9.